The summed E-state index contributed by atoms with van der Waals surface area (Å²) in [7, 11) is 1.56. The van der Waals surface area contributed by atoms with Gasteiger partial charge >= 0.3 is 0 Å². The maximum Gasteiger partial charge on any atom is 0.253 e. The first-order valence-corrected chi connectivity index (χ1v) is 8.60. The summed E-state index contributed by atoms with van der Waals surface area (Å²) in [6.45, 7) is 2.27. The zero-order valence-corrected chi connectivity index (χ0v) is 15.6. The number of hydrogen-bond donors (Lipinski definition) is 2. The number of aliphatic hydroxyl groups is 1. The van der Waals surface area contributed by atoms with Gasteiger partial charge < -0.3 is 20.1 Å². The van der Waals surface area contributed by atoms with Gasteiger partial charge in [-0.1, -0.05) is 0 Å². The van der Waals surface area contributed by atoms with Crippen molar-refractivity contribution in [2.75, 3.05) is 33.3 Å². The average Bonchev–Trinajstić information content (AvgIpc) is 2.56. The monoisotopic (exact) mass is 390 g/mol. The number of carbonyl (C=O) groups is 1. The van der Waals surface area contributed by atoms with Crippen LogP contribution in [-0.2, 0) is 4.74 Å². The molecule has 1 aromatic rings. The highest BCUT2D eigenvalue weighted by Gasteiger charge is 2.46. The minimum Gasteiger partial charge on any atom is -0.388 e. The molecule has 2 aliphatic heterocycles. The number of benzene rings is 1. The molecule has 2 saturated heterocycles. The number of piperidine rings is 1. The van der Waals surface area contributed by atoms with Gasteiger partial charge in [-0.15, -0.1) is 12.4 Å². The molecule has 1 unspecified atom stereocenters. The summed E-state index contributed by atoms with van der Waals surface area (Å²) in [6, 6.07) is 3.07. The lowest BCUT2D eigenvalue weighted by atomic mass is 9.77. The van der Waals surface area contributed by atoms with Crippen molar-refractivity contribution in [2.24, 2.45) is 0 Å². The number of likely N-dealkylation sites (N-methyl/N-ethyl adjacent to an activating group) is 1. The Labute approximate surface area is 158 Å². The summed E-state index contributed by atoms with van der Waals surface area (Å²) >= 11 is 0. The molecule has 1 aromatic carbocycles. The third-order valence-electron chi connectivity index (χ3n) is 5.19. The van der Waals surface area contributed by atoms with E-state index in [1.54, 1.807) is 7.05 Å². The number of nitrogens with zero attached hydrogens (tertiary/aromatic N) is 1. The fraction of sp³-hybridized carbons (Fsp3) is 0.611. The van der Waals surface area contributed by atoms with Crippen molar-refractivity contribution < 1.29 is 23.4 Å². The zero-order valence-electron chi connectivity index (χ0n) is 14.8. The van der Waals surface area contributed by atoms with Crippen molar-refractivity contribution in [1.29, 1.82) is 0 Å². The number of hydrogen-bond acceptors (Lipinski definition) is 4. The van der Waals surface area contributed by atoms with Crippen LogP contribution in [0.5, 0.6) is 0 Å². The second-order valence-electron chi connectivity index (χ2n) is 7.22. The molecule has 1 spiro atoms. The molecule has 0 aromatic heterocycles. The predicted octanol–water partition coefficient (Wildman–Crippen LogP) is 2.12. The van der Waals surface area contributed by atoms with E-state index >= 15 is 0 Å². The minimum absolute atomic E-state index is 0. The Morgan fingerprint density at radius 3 is 2.62 bits per heavy atom. The lowest BCUT2D eigenvalue weighted by Gasteiger charge is -2.48. The number of amides is 1. The smallest absolute Gasteiger partial charge is 0.253 e. The largest absolute Gasteiger partial charge is 0.388 e. The first kappa shape index (κ1) is 21.0. The van der Waals surface area contributed by atoms with E-state index in [9.17, 15) is 18.7 Å². The lowest BCUT2D eigenvalue weighted by molar-refractivity contribution is -0.173. The fourth-order valence-corrected chi connectivity index (χ4v) is 3.90. The predicted molar refractivity (Wildman–Crippen MR) is 95.5 cm³/mol. The van der Waals surface area contributed by atoms with E-state index in [1.807, 2.05) is 0 Å². The second-order valence-corrected chi connectivity index (χ2v) is 7.22. The van der Waals surface area contributed by atoms with E-state index in [-0.39, 0.29) is 30.1 Å². The van der Waals surface area contributed by atoms with Gasteiger partial charge in [0.1, 0.15) is 0 Å². The van der Waals surface area contributed by atoms with E-state index < -0.39 is 23.1 Å². The van der Waals surface area contributed by atoms with E-state index in [0.717, 1.165) is 38.1 Å². The Balaban J connectivity index is 0.00000243. The molecule has 0 aliphatic carbocycles. The third kappa shape index (κ3) is 4.52. The molecule has 2 fully saturated rings. The van der Waals surface area contributed by atoms with Crippen molar-refractivity contribution in [3.8, 4) is 0 Å². The highest BCUT2D eigenvalue weighted by molar-refractivity contribution is 5.94. The molecule has 5 nitrogen and oxygen atoms in total. The number of nitrogens with one attached hydrogen (secondary N) is 1. The summed E-state index contributed by atoms with van der Waals surface area (Å²) < 4.78 is 32.4. The van der Waals surface area contributed by atoms with Gasteiger partial charge in [0.2, 0.25) is 0 Å². The van der Waals surface area contributed by atoms with E-state index in [2.05, 4.69) is 5.32 Å². The molecule has 0 bridgehead atoms. The SMILES string of the molecule is CN(CC1(O)CCOC2(CCNCC2)C1)C(=O)c1ccc(F)c(F)c1.Cl. The summed E-state index contributed by atoms with van der Waals surface area (Å²) in [6.07, 6.45) is 2.57. The summed E-state index contributed by atoms with van der Waals surface area (Å²) in [4.78, 5) is 13.8. The molecule has 0 saturated carbocycles. The van der Waals surface area contributed by atoms with Gasteiger partial charge in [0.25, 0.3) is 5.91 Å². The number of halogens is 3. The van der Waals surface area contributed by atoms with Crippen molar-refractivity contribution >= 4 is 18.3 Å². The molecule has 146 valence electrons. The Morgan fingerprint density at radius 2 is 1.96 bits per heavy atom. The Morgan fingerprint density at radius 1 is 1.27 bits per heavy atom. The number of rotatable bonds is 3. The van der Waals surface area contributed by atoms with Crippen molar-refractivity contribution in [3.63, 3.8) is 0 Å². The minimum atomic E-state index is -1.06. The van der Waals surface area contributed by atoms with Gasteiger partial charge in [-0.25, -0.2) is 8.78 Å². The highest BCUT2D eigenvalue weighted by atomic mass is 35.5. The highest BCUT2D eigenvalue weighted by Crippen LogP contribution is 2.38. The van der Waals surface area contributed by atoms with E-state index in [0.29, 0.717) is 19.4 Å². The molecule has 1 amide bonds. The van der Waals surface area contributed by atoms with Gasteiger partial charge in [-0.05, 0) is 44.1 Å². The van der Waals surface area contributed by atoms with Crippen LogP contribution in [0.1, 0.15) is 36.0 Å². The molecule has 8 heteroatoms. The summed E-state index contributed by atoms with van der Waals surface area (Å²) in [5.41, 5.74) is -1.32. The van der Waals surface area contributed by atoms with Crippen LogP contribution < -0.4 is 5.32 Å². The fourth-order valence-electron chi connectivity index (χ4n) is 3.90. The molecular formula is C18H25ClF2N2O3. The van der Waals surface area contributed by atoms with Gasteiger partial charge in [-0.2, -0.15) is 0 Å². The number of carbonyl (C=O) groups excluding carboxylic acids is 1. The molecule has 26 heavy (non-hydrogen) atoms. The van der Waals surface area contributed by atoms with Gasteiger partial charge in [0, 0.05) is 32.0 Å². The van der Waals surface area contributed by atoms with E-state index in [1.165, 1.54) is 11.0 Å². The Kier molecular flexibility index (Phi) is 6.60. The van der Waals surface area contributed by atoms with E-state index in [4.69, 9.17) is 4.74 Å². The second kappa shape index (κ2) is 8.17. The van der Waals surface area contributed by atoms with Gasteiger partial charge in [0.15, 0.2) is 11.6 Å². The van der Waals surface area contributed by atoms with Gasteiger partial charge in [-0.3, -0.25) is 4.79 Å². The quantitative estimate of drug-likeness (QED) is 0.830. The molecule has 1 atom stereocenters. The normalized spacial score (nSPS) is 24.8. The molecule has 2 N–H and O–H groups in total. The molecule has 2 heterocycles. The van der Waals surface area contributed by atoms with Crippen LogP contribution in [0.15, 0.2) is 18.2 Å². The van der Waals surface area contributed by atoms with Crippen LogP contribution in [-0.4, -0.2) is 60.4 Å². The van der Waals surface area contributed by atoms with Crippen molar-refractivity contribution in [3.05, 3.63) is 35.4 Å². The number of ether oxygens (including phenoxy) is 1. The van der Waals surface area contributed by atoms with Crippen LogP contribution in [0.4, 0.5) is 8.78 Å². The molecule has 0 radical (unpaired) electrons. The maximum atomic E-state index is 13.4. The van der Waals surface area contributed by atoms with Crippen LogP contribution in [0.3, 0.4) is 0 Å². The summed E-state index contributed by atoms with van der Waals surface area (Å²) in [5, 5.41) is 14.3. The van der Waals surface area contributed by atoms with Crippen LogP contribution in [0, 0.1) is 11.6 Å². The average molecular weight is 391 g/mol. The van der Waals surface area contributed by atoms with Crippen LogP contribution >= 0.6 is 12.4 Å². The molecule has 2 aliphatic rings. The molecular weight excluding hydrogens is 366 g/mol. The zero-order chi connectivity index (χ0) is 18.1. The Hall–Kier alpha value is -1.28. The Bertz CT molecular complexity index is 650. The third-order valence-corrected chi connectivity index (χ3v) is 5.19. The first-order chi connectivity index (χ1) is 11.8. The van der Waals surface area contributed by atoms with Crippen molar-refractivity contribution in [2.45, 2.75) is 36.9 Å². The van der Waals surface area contributed by atoms with Crippen LogP contribution in [0.2, 0.25) is 0 Å². The van der Waals surface area contributed by atoms with Crippen molar-refractivity contribution in [1.82, 2.24) is 10.2 Å². The maximum absolute atomic E-state index is 13.4. The molecule has 3 rings (SSSR count). The first-order valence-electron chi connectivity index (χ1n) is 8.60. The standard InChI is InChI=1S/C18H24F2N2O3.ClH/c1-22(16(23)13-2-3-14(19)15(20)10-13)12-17(24)6-9-25-18(11-17)4-7-21-8-5-18;/h2-3,10,21,24H,4-9,11-12H2,1H3;1H. The topological polar surface area (TPSA) is 61.8 Å². The van der Waals surface area contributed by atoms with Crippen LogP contribution in [0.25, 0.3) is 0 Å². The van der Waals surface area contributed by atoms with Gasteiger partial charge in [0.05, 0.1) is 17.8 Å². The lowest BCUT2D eigenvalue weighted by Crippen LogP contribution is -2.57. The summed E-state index contributed by atoms with van der Waals surface area (Å²) in [5.74, 6) is -2.49.